The number of aromatic nitrogens is 2. The zero-order chi connectivity index (χ0) is 26.3. The molecular formula is C27H28F3N5O2. The molecule has 7 nitrogen and oxygen atoms in total. The molecule has 0 aliphatic carbocycles. The molecule has 1 aromatic heterocycles. The lowest BCUT2D eigenvalue weighted by Gasteiger charge is -2.30. The molecule has 5 rings (SSSR count). The van der Waals surface area contributed by atoms with Crippen molar-refractivity contribution >= 4 is 23.3 Å². The van der Waals surface area contributed by atoms with Crippen LogP contribution < -0.4 is 15.1 Å². The zero-order valence-corrected chi connectivity index (χ0v) is 20.6. The normalized spacial score (nSPS) is 19.2. The van der Waals surface area contributed by atoms with Crippen molar-refractivity contribution in [3.63, 3.8) is 0 Å². The Hall–Kier alpha value is -3.82. The summed E-state index contributed by atoms with van der Waals surface area (Å²) in [5.41, 5.74) is 2.62. The third-order valence-corrected chi connectivity index (χ3v) is 7.08. The minimum Gasteiger partial charge on any atom is -0.475 e. The second-order valence-corrected chi connectivity index (χ2v) is 9.67. The Labute approximate surface area is 213 Å². The van der Waals surface area contributed by atoms with Gasteiger partial charge >= 0.3 is 12.1 Å². The van der Waals surface area contributed by atoms with Crippen LogP contribution in [0, 0.1) is 12.8 Å². The lowest BCUT2D eigenvalue weighted by atomic mass is 10.1. The number of carboxylic acids is 1. The van der Waals surface area contributed by atoms with Crippen LogP contribution in [-0.4, -0.2) is 34.1 Å². The number of alkyl halides is 3. The van der Waals surface area contributed by atoms with Gasteiger partial charge in [-0.3, -0.25) is 0 Å². The number of anilines is 3. The average Bonchev–Trinajstić information content (AvgIpc) is 3.48. The van der Waals surface area contributed by atoms with Crippen molar-refractivity contribution in [2.45, 2.75) is 45.6 Å². The van der Waals surface area contributed by atoms with Crippen LogP contribution in [-0.2, 0) is 12.7 Å². The molecule has 194 valence electrons. The van der Waals surface area contributed by atoms with Crippen LogP contribution in [0.3, 0.4) is 0 Å². The maximum atomic E-state index is 13.1. The summed E-state index contributed by atoms with van der Waals surface area (Å²) in [4.78, 5) is 24.8. The monoisotopic (exact) mass is 511 g/mol. The van der Waals surface area contributed by atoms with Crippen LogP contribution in [0.1, 0.15) is 58.8 Å². The fraction of sp³-hybridized carbons (Fsp3) is 0.370. The summed E-state index contributed by atoms with van der Waals surface area (Å²) in [5, 5.41) is 13.1. The van der Waals surface area contributed by atoms with Crippen molar-refractivity contribution in [1.29, 1.82) is 0 Å². The number of carboxylic acid groups (broad SMARTS) is 1. The molecule has 2 aliphatic rings. The van der Waals surface area contributed by atoms with E-state index in [0.29, 0.717) is 28.8 Å². The number of nitrogens with one attached hydrogen (secondary N) is 1. The standard InChI is InChI=1S/C27H28F3N5O2/c1-3-17-11-12-34(14-17)25-21-22(31-23(33-25)26(36)37)32-24(19-6-4-5-16(2)13-19)35(21)15-18-7-9-20(10-8-18)27(28,29)30/h4-10,13,17,24H,3,11-12,14-15H2,1-2H3,(H,36,37)(H,31,32,33). The van der Waals surface area contributed by atoms with Crippen molar-refractivity contribution < 1.29 is 23.1 Å². The van der Waals surface area contributed by atoms with Crippen molar-refractivity contribution in [2.24, 2.45) is 5.92 Å². The van der Waals surface area contributed by atoms with Gasteiger partial charge in [0.25, 0.3) is 0 Å². The molecule has 0 saturated carbocycles. The first-order valence-electron chi connectivity index (χ1n) is 12.3. The number of rotatable bonds is 6. The first-order valence-corrected chi connectivity index (χ1v) is 12.3. The Morgan fingerprint density at radius 1 is 1.16 bits per heavy atom. The van der Waals surface area contributed by atoms with Crippen LogP contribution in [0.2, 0.25) is 0 Å². The number of aromatic carboxylic acids is 1. The summed E-state index contributed by atoms with van der Waals surface area (Å²) in [6, 6.07) is 13.0. The highest BCUT2D eigenvalue weighted by Crippen LogP contribution is 2.47. The first kappa shape index (κ1) is 24.9. The predicted molar refractivity (Wildman–Crippen MR) is 135 cm³/mol. The third kappa shape index (κ3) is 4.92. The Balaban J connectivity index is 1.61. The van der Waals surface area contributed by atoms with Crippen LogP contribution in [0.25, 0.3) is 0 Å². The maximum Gasteiger partial charge on any atom is 0.416 e. The van der Waals surface area contributed by atoms with Gasteiger partial charge in [0, 0.05) is 19.6 Å². The molecule has 0 radical (unpaired) electrons. The van der Waals surface area contributed by atoms with E-state index in [1.54, 1.807) is 0 Å². The van der Waals surface area contributed by atoms with Crippen LogP contribution in [0.4, 0.5) is 30.5 Å². The molecule has 2 aliphatic heterocycles. The van der Waals surface area contributed by atoms with Gasteiger partial charge in [-0.25, -0.2) is 14.8 Å². The number of aryl methyl sites for hydroxylation is 1. The Morgan fingerprint density at radius 3 is 2.54 bits per heavy atom. The summed E-state index contributed by atoms with van der Waals surface area (Å²) >= 11 is 0. The molecule has 37 heavy (non-hydrogen) atoms. The highest BCUT2D eigenvalue weighted by Gasteiger charge is 2.38. The summed E-state index contributed by atoms with van der Waals surface area (Å²) in [6.07, 6.45) is -2.83. The fourth-order valence-electron chi connectivity index (χ4n) is 5.09. The van der Waals surface area contributed by atoms with Crippen molar-refractivity contribution in [1.82, 2.24) is 9.97 Å². The van der Waals surface area contributed by atoms with Gasteiger partial charge in [0.2, 0.25) is 5.82 Å². The molecular weight excluding hydrogens is 483 g/mol. The number of fused-ring (bicyclic) bond motifs is 1. The number of carbonyl (C=O) groups is 1. The van der Waals surface area contributed by atoms with Gasteiger partial charge in [0.1, 0.15) is 11.9 Å². The van der Waals surface area contributed by atoms with Crippen molar-refractivity contribution in [3.8, 4) is 0 Å². The Kier molecular flexibility index (Phi) is 6.43. The van der Waals surface area contributed by atoms with Gasteiger partial charge in [0.15, 0.2) is 11.6 Å². The summed E-state index contributed by atoms with van der Waals surface area (Å²) in [7, 11) is 0. The van der Waals surface area contributed by atoms with Gasteiger partial charge in [-0.05, 0) is 42.5 Å². The van der Waals surface area contributed by atoms with Gasteiger partial charge in [-0.15, -0.1) is 0 Å². The van der Waals surface area contributed by atoms with Crippen LogP contribution in [0.15, 0.2) is 48.5 Å². The predicted octanol–water partition coefficient (Wildman–Crippen LogP) is 5.87. The summed E-state index contributed by atoms with van der Waals surface area (Å²) in [6.45, 7) is 5.89. The molecule has 3 heterocycles. The van der Waals surface area contributed by atoms with E-state index in [-0.39, 0.29) is 12.4 Å². The smallest absolute Gasteiger partial charge is 0.416 e. The molecule has 2 N–H and O–H groups in total. The van der Waals surface area contributed by atoms with Gasteiger partial charge < -0.3 is 20.2 Å². The SMILES string of the molecule is CCC1CCN(c2nc(C(=O)O)nc3c2N(Cc2ccc(C(F)(F)F)cc2)C(c2cccc(C)c2)N3)C1. The largest absolute Gasteiger partial charge is 0.475 e. The van der Waals surface area contributed by atoms with Gasteiger partial charge in [0.05, 0.1) is 5.56 Å². The molecule has 1 fully saturated rings. The number of nitrogens with zero attached hydrogens (tertiary/aromatic N) is 4. The highest BCUT2D eigenvalue weighted by molar-refractivity contribution is 5.90. The molecule has 2 unspecified atom stereocenters. The van der Waals surface area contributed by atoms with Crippen molar-refractivity contribution in [2.75, 3.05) is 28.2 Å². The van der Waals surface area contributed by atoms with Gasteiger partial charge in [-0.2, -0.15) is 13.2 Å². The minimum atomic E-state index is -4.41. The van der Waals surface area contributed by atoms with Crippen LogP contribution >= 0.6 is 0 Å². The maximum absolute atomic E-state index is 13.1. The molecule has 10 heteroatoms. The summed E-state index contributed by atoms with van der Waals surface area (Å²) in [5.74, 6) is -0.0937. The van der Waals surface area contributed by atoms with E-state index in [2.05, 4.69) is 27.1 Å². The topological polar surface area (TPSA) is 81.6 Å². The lowest BCUT2D eigenvalue weighted by molar-refractivity contribution is -0.137. The van der Waals surface area contributed by atoms with E-state index >= 15 is 0 Å². The molecule has 0 spiro atoms. The molecule has 1 saturated heterocycles. The zero-order valence-electron chi connectivity index (χ0n) is 20.6. The number of halogens is 3. The number of benzene rings is 2. The van der Waals surface area contributed by atoms with Gasteiger partial charge in [-0.1, -0.05) is 55.3 Å². The van der Waals surface area contributed by atoms with E-state index in [4.69, 9.17) is 0 Å². The minimum absolute atomic E-state index is 0.282. The quantitative estimate of drug-likeness (QED) is 0.428. The molecule has 0 amide bonds. The lowest BCUT2D eigenvalue weighted by Crippen LogP contribution is -2.30. The molecule has 0 bridgehead atoms. The first-order chi connectivity index (χ1) is 17.6. The summed E-state index contributed by atoms with van der Waals surface area (Å²) < 4.78 is 39.4. The molecule has 3 aromatic rings. The fourth-order valence-corrected chi connectivity index (χ4v) is 5.09. The third-order valence-electron chi connectivity index (χ3n) is 7.08. The second-order valence-electron chi connectivity index (χ2n) is 9.67. The van der Waals surface area contributed by atoms with E-state index in [9.17, 15) is 23.1 Å². The van der Waals surface area contributed by atoms with E-state index < -0.39 is 23.9 Å². The van der Waals surface area contributed by atoms with E-state index in [1.807, 2.05) is 36.1 Å². The Morgan fingerprint density at radius 2 is 1.92 bits per heavy atom. The number of hydrogen-bond donors (Lipinski definition) is 2. The Bertz CT molecular complexity index is 1310. The van der Waals surface area contributed by atoms with E-state index in [1.165, 1.54) is 12.1 Å². The highest BCUT2D eigenvalue weighted by atomic mass is 19.4. The number of hydrogen-bond acceptors (Lipinski definition) is 6. The van der Waals surface area contributed by atoms with Crippen molar-refractivity contribution in [3.05, 3.63) is 76.6 Å². The molecule has 2 aromatic carbocycles. The molecule has 2 atom stereocenters. The van der Waals surface area contributed by atoms with E-state index in [0.717, 1.165) is 49.2 Å². The van der Waals surface area contributed by atoms with Crippen LogP contribution in [0.5, 0.6) is 0 Å². The second kappa shape index (κ2) is 9.57. The average molecular weight is 512 g/mol.